The lowest BCUT2D eigenvalue weighted by Gasteiger charge is -2.16. The molecule has 2 aromatic rings. The number of carbonyl (C=O) groups is 2. The van der Waals surface area contributed by atoms with Gasteiger partial charge in [-0.15, -0.1) is 0 Å². The minimum absolute atomic E-state index is 0.104. The highest BCUT2D eigenvalue weighted by molar-refractivity contribution is 5.93. The average molecular weight is 289 g/mol. The van der Waals surface area contributed by atoms with E-state index in [2.05, 4.69) is 10.3 Å². The topological polar surface area (TPSA) is 84.2 Å². The highest BCUT2D eigenvalue weighted by Gasteiger charge is 2.21. The zero-order valence-electron chi connectivity index (χ0n) is 12.4. The molecule has 0 radical (unpaired) electrons. The van der Waals surface area contributed by atoms with Crippen molar-refractivity contribution in [3.05, 3.63) is 29.6 Å². The summed E-state index contributed by atoms with van der Waals surface area (Å²) >= 11 is 0. The maximum absolute atomic E-state index is 12.1. The van der Waals surface area contributed by atoms with Gasteiger partial charge in [-0.05, 0) is 32.0 Å². The van der Waals surface area contributed by atoms with Crippen LogP contribution in [0.1, 0.15) is 43.0 Å². The predicted octanol–water partition coefficient (Wildman–Crippen LogP) is 1.99. The second-order valence-electron chi connectivity index (χ2n) is 4.83. The van der Waals surface area contributed by atoms with E-state index in [1.807, 2.05) is 18.4 Å². The number of benzene rings is 1. The van der Waals surface area contributed by atoms with Crippen molar-refractivity contribution in [2.45, 2.75) is 33.2 Å². The molecule has 0 fully saturated rings. The van der Waals surface area contributed by atoms with Crippen molar-refractivity contribution in [1.82, 2.24) is 14.9 Å². The van der Waals surface area contributed by atoms with Gasteiger partial charge in [-0.2, -0.15) is 0 Å². The number of nitrogens with zero attached hydrogens (tertiary/aromatic N) is 2. The Balaban J connectivity index is 2.60. The first-order chi connectivity index (χ1) is 9.99. The van der Waals surface area contributed by atoms with E-state index in [4.69, 9.17) is 5.11 Å². The Hall–Kier alpha value is -2.37. The Bertz CT molecular complexity index is 691. The molecule has 1 aromatic heterocycles. The molecule has 0 aliphatic rings. The quantitative estimate of drug-likeness (QED) is 0.881. The first kappa shape index (κ1) is 15.0. The molecule has 0 aliphatic carbocycles. The molecular weight excluding hydrogens is 270 g/mol. The summed E-state index contributed by atoms with van der Waals surface area (Å²) in [4.78, 5) is 27.7. The second-order valence-corrected chi connectivity index (χ2v) is 4.83. The molecule has 0 spiro atoms. The molecule has 6 nitrogen and oxygen atoms in total. The number of rotatable bonds is 5. The number of carboxylic acids is 1. The number of hydrogen-bond donors (Lipinski definition) is 2. The fourth-order valence-corrected chi connectivity index (χ4v) is 2.40. The van der Waals surface area contributed by atoms with E-state index in [1.165, 1.54) is 6.07 Å². The van der Waals surface area contributed by atoms with E-state index < -0.39 is 12.0 Å². The molecule has 6 heteroatoms. The molecule has 112 valence electrons. The number of nitrogens with one attached hydrogen (secondary N) is 1. The van der Waals surface area contributed by atoms with E-state index in [0.717, 1.165) is 5.82 Å². The minimum atomic E-state index is -0.992. The smallest absolute Gasteiger partial charge is 0.335 e. The molecule has 0 saturated carbocycles. The number of imidazole rings is 1. The molecule has 0 saturated heterocycles. The molecular formula is C15H19N3O3. The van der Waals surface area contributed by atoms with Gasteiger partial charge in [0.05, 0.1) is 16.6 Å². The van der Waals surface area contributed by atoms with Crippen LogP contribution in [-0.2, 0) is 11.2 Å². The maximum atomic E-state index is 12.1. The van der Waals surface area contributed by atoms with Crippen LogP contribution in [0, 0.1) is 0 Å². The Labute approximate surface area is 122 Å². The summed E-state index contributed by atoms with van der Waals surface area (Å²) in [6.45, 7) is 6.16. The lowest BCUT2D eigenvalue weighted by molar-refractivity contribution is -0.123. The highest BCUT2D eigenvalue weighted by Crippen LogP contribution is 2.23. The predicted molar refractivity (Wildman–Crippen MR) is 79.5 cm³/mol. The molecule has 1 atom stereocenters. The van der Waals surface area contributed by atoms with Crippen molar-refractivity contribution in [3.8, 4) is 0 Å². The molecule has 1 unspecified atom stereocenters. The van der Waals surface area contributed by atoms with Crippen LogP contribution in [0.3, 0.4) is 0 Å². The van der Waals surface area contributed by atoms with E-state index >= 15 is 0 Å². The normalized spacial score (nSPS) is 12.3. The molecule has 1 amide bonds. The Morgan fingerprint density at radius 3 is 2.67 bits per heavy atom. The standard InChI is InChI=1S/C15H19N3O3/c1-4-13-17-11-7-6-10(15(20)21)8-12(11)18(13)9(3)14(19)16-5-2/h6-9H,4-5H2,1-3H3,(H,16,19)(H,20,21). The van der Waals surface area contributed by atoms with Gasteiger partial charge in [0.1, 0.15) is 11.9 Å². The van der Waals surface area contributed by atoms with Crippen LogP contribution in [0.15, 0.2) is 18.2 Å². The third-order valence-corrected chi connectivity index (χ3v) is 3.44. The molecule has 0 bridgehead atoms. The van der Waals surface area contributed by atoms with E-state index in [1.54, 1.807) is 19.1 Å². The van der Waals surface area contributed by atoms with Crippen molar-refractivity contribution in [2.75, 3.05) is 6.54 Å². The van der Waals surface area contributed by atoms with Gasteiger partial charge in [-0.25, -0.2) is 9.78 Å². The number of aryl methyl sites for hydroxylation is 1. The number of carbonyl (C=O) groups excluding carboxylic acids is 1. The number of aromatic nitrogens is 2. The second kappa shape index (κ2) is 5.95. The Morgan fingerprint density at radius 1 is 1.38 bits per heavy atom. The number of carboxylic acid groups (broad SMARTS) is 1. The van der Waals surface area contributed by atoms with Gasteiger partial charge in [0.2, 0.25) is 5.91 Å². The van der Waals surface area contributed by atoms with Crippen molar-refractivity contribution in [2.24, 2.45) is 0 Å². The van der Waals surface area contributed by atoms with Crippen LogP contribution in [-0.4, -0.2) is 33.1 Å². The first-order valence-corrected chi connectivity index (χ1v) is 7.01. The average Bonchev–Trinajstić information content (AvgIpc) is 2.83. The molecule has 21 heavy (non-hydrogen) atoms. The molecule has 2 N–H and O–H groups in total. The first-order valence-electron chi connectivity index (χ1n) is 7.01. The molecule has 1 aromatic carbocycles. The van der Waals surface area contributed by atoms with Gasteiger partial charge >= 0.3 is 5.97 Å². The van der Waals surface area contributed by atoms with Crippen molar-refractivity contribution < 1.29 is 14.7 Å². The van der Waals surface area contributed by atoms with Gasteiger partial charge in [0, 0.05) is 13.0 Å². The summed E-state index contributed by atoms with van der Waals surface area (Å²) in [7, 11) is 0. The van der Waals surface area contributed by atoms with E-state index in [-0.39, 0.29) is 11.5 Å². The summed E-state index contributed by atoms with van der Waals surface area (Å²) in [6, 6.07) is 4.34. The summed E-state index contributed by atoms with van der Waals surface area (Å²) < 4.78 is 1.81. The number of amides is 1. The number of hydrogen-bond acceptors (Lipinski definition) is 3. The van der Waals surface area contributed by atoms with Gasteiger partial charge < -0.3 is 15.0 Å². The van der Waals surface area contributed by atoms with E-state index in [9.17, 15) is 9.59 Å². The minimum Gasteiger partial charge on any atom is -0.478 e. The monoisotopic (exact) mass is 289 g/mol. The molecule has 0 aliphatic heterocycles. The lowest BCUT2D eigenvalue weighted by Crippen LogP contribution is -2.31. The van der Waals surface area contributed by atoms with Gasteiger partial charge in [-0.3, -0.25) is 4.79 Å². The zero-order valence-corrected chi connectivity index (χ0v) is 12.4. The van der Waals surface area contributed by atoms with Gasteiger partial charge in [0.25, 0.3) is 0 Å². The number of likely N-dealkylation sites (N-methyl/N-ethyl adjacent to an activating group) is 1. The van der Waals surface area contributed by atoms with Crippen molar-refractivity contribution in [3.63, 3.8) is 0 Å². The Morgan fingerprint density at radius 2 is 2.10 bits per heavy atom. The Kier molecular flexibility index (Phi) is 4.26. The third-order valence-electron chi connectivity index (χ3n) is 3.44. The van der Waals surface area contributed by atoms with Crippen LogP contribution in [0.4, 0.5) is 0 Å². The van der Waals surface area contributed by atoms with Crippen LogP contribution >= 0.6 is 0 Å². The largest absolute Gasteiger partial charge is 0.478 e. The zero-order chi connectivity index (χ0) is 15.6. The summed E-state index contributed by atoms with van der Waals surface area (Å²) in [5.41, 5.74) is 1.56. The van der Waals surface area contributed by atoms with Crippen LogP contribution in [0.5, 0.6) is 0 Å². The highest BCUT2D eigenvalue weighted by atomic mass is 16.4. The third kappa shape index (κ3) is 2.74. The maximum Gasteiger partial charge on any atom is 0.335 e. The summed E-state index contributed by atoms with van der Waals surface area (Å²) in [5, 5.41) is 11.9. The molecule has 2 rings (SSSR count). The summed E-state index contributed by atoms with van der Waals surface area (Å²) in [6.07, 6.45) is 0.667. The lowest BCUT2D eigenvalue weighted by atomic mass is 10.2. The van der Waals surface area contributed by atoms with Crippen LogP contribution < -0.4 is 5.32 Å². The SMILES string of the molecule is CCNC(=O)C(C)n1c(CC)nc2ccc(C(=O)O)cc21. The van der Waals surface area contributed by atoms with Crippen LogP contribution in [0.2, 0.25) is 0 Å². The van der Waals surface area contributed by atoms with Crippen molar-refractivity contribution in [1.29, 1.82) is 0 Å². The fraction of sp³-hybridized carbons (Fsp3) is 0.400. The number of aromatic carboxylic acids is 1. The number of fused-ring (bicyclic) bond motifs is 1. The van der Waals surface area contributed by atoms with Crippen molar-refractivity contribution >= 4 is 22.9 Å². The van der Waals surface area contributed by atoms with Crippen LogP contribution in [0.25, 0.3) is 11.0 Å². The fourth-order valence-electron chi connectivity index (χ4n) is 2.40. The van der Waals surface area contributed by atoms with E-state index in [0.29, 0.717) is 24.0 Å². The van der Waals surface area contributed by atoms with Gasteiger partial charge in [0.15, 0.2) is 0 Å². The van der Waals surface area contributed by atoms with Gasteiger partial charge in [-0.1, -0.05) is 6.92 Å². The summed E-state index contributed by atoms with van der Waals surface area (Å²) in [5.74, 6) is -0.327. The molecule has 1 heterocycles.